The second kappa shape index (κ2) is 6.70. The number of likely N-dealkylation sites (tertiary alicyclic amines) is 1. The summed E-state index contributed by atoms with van der Waals surface area (Å²) in [5, 5.41) is 2.79. The molecule has 0 saturated carbocycles. The molecule has 1 aromatic rings. The number of carbonyl (C=O) groups excluding carboxylic acids is 1. The Morgan fingerprint density at radius 1 is 1.50 bits per heavy atom. The van der Waals surface area contributed by atoms with Gasteiger partial charge >= 0.3 is 0 Å². The summed E-state index contributed by atoms with van der Waals surface area (Å²) < 4.78 is 6.41. The highest BCUT2D eigenvalue weighted by Gasteiger charge is 2.47. The molecule has 1 atom stereocenters. The molecule has 0 aromatic heterocycles. The zero-order valence-corrected chi connectivity index (χ0v) is 13.6. The summed E-state index contributed by atoms with van der Waals surface area (Å²) in [5.74, 6) is 0.0453. The molecule has 1 saturated heterocycles. The molecular formula is C15H21BrN2O2. The molecule has 20 heavy (non-hydrogen) atoms. The Bertz CT molecular complexity index is 481. The van der Waals surface area contributed by atoms with Gasteiger partial charge in [-0.25, -0.2) is 0 Å². The van der Waals surface area contributed by atoms with Crippen LogP contribution in [0.3, 0.4) is 0 Å². The van der Waals surface area contributed by atoms with E-state index in [0.29, 0.717) is 6.61 Å². The molecule has 1 aliphatic heterocycles. The van der Waals surface area contributed by atoms with Gasteiger partial charge in [0.15, 0.2) is 0 Å². The van der Waals surface area contributed by atoms with Crippen molar-refractivity contribution in [3.8, 4) is 0 Å². The van der Waals surface area contributed by atoms with Crippen molar-refractivity contribution in [2.24, 2.45) is 0 Å². The summed E-state index contributed by atoms with van der Waals surface area (Å²) in [6.45, 7) is 2.09. The standard InChI is InChI=1S/C15H21BrN2O2/c1-17-14(19)15(11-20-2)8-5-9-18(15)10-12-6-3-4-7-13(12)16/h3-4,6-7H,5,8-11H2,1-2H3,(H,17,19). The van der Waals surface area contributed by atoms with Crippen LogP contribution in [0.25, 0.3) is 0 Å². The van der Waals surface area contributed by atoms with Gasteiger partial charge in [0, 0.05) is 25.2 Å². The minimum Gasteiger partial charge on any atom is -0.382 e. The van der Waals surface area contributed by atoms with Crippen LogP contribution in [-0.2, 0) is 16.1 Å². The number of methoxy groups -OCH3 is 1. The van der Waals surface area contributed by atoms with Gasteiger partial charge in [-0.05, 0) is 31.0 Å². The van der Waals surface area contributed by atoms with Crippen LogP contribution in [0.4, 0.5) is 0 Å². The lowest BCUT2D eigenvalue weighted by Gasteiger charge is -2.36. The predicted molar refractivity (Wildman–Crippen MR) is 82.5 cm³/mol. The largest absolute Gasteiger partial charge is 0.382 e. The third-order valence-corrected chi connectivity index (χ3v) is 4.75. The number of likely N-dealkylation sites (N-methyl/N-ethyl adjacent to an activating group) is 1. The number of benzene rings is 1. The highest BCUT2D eigenvalue weighted by atomic mass is 79.9. The van der Waals surface area contributed by atoms with Gasteiger partial charge < -0.3 is 10.1 Å². The van der Waals surface area contributed by atoms with Gasteiger partial charge in [0.25, 0.3) is 0 Å². The Balaban J connectivity index is 2.25. The summed E-state index contributed by atoms with van der Waals surface area (Å²) in [6, 6.07) is 8.14. The lowest BCUT2D eigenvalue weighted by Crippen LogP contribution is -2.57. The van der Waals surface area contributed by atoms with Crippen LogP contribution < -0.4 is 5.32 Å². The lowest BCUT2D eigenvalue weighted by atomic mass is 9.95. The number of halogens is 1. The van der Waals surface area contributed by atoms with Crippen LogP contribution in [0.15, 0.2) is 28.7 Å². The fourth-order valence-corrected chi connectivity index (χ4v) is 3.36. The van der Waals surface area contributed by atoms with Crippen LogP contribution in [0, 0.1) is 0 Å². The molecular weight excluding hydrogens is 320 g/mol. The smallest absolute Gasteiger partial charge is 0.242 e. The molecule has 1 unspecified atom stereocenters. The Morgan fingerprint density at radius 3 is 2.90 bits per heavy atom. The first-order chi connectivity index (χ1) is 9.64. The Hall–Kier alpha value is -0.910. The van der Waals surface area contributed by atoms with Gasteiger partial charge in [-0.2, -0.15) is 0 Å². The van der Waals surface area contributed by atoms with Crippen molar-refractivity contribution in [3.63, 3.8) is 0 Å². The van der Waals surface area contributed by atoms with E-state index in [4.69, 9.17) is 4.74 Å². The third-order valence-electron chi connectivity index (χ3n) is 3.98. The highest BCUT2D eigenvalue weighted by Crippen LogP contribution is 2.32. The van der Waals surface area contributed by atoms with Crippen LogP contribution in [0.1, 0.15) is 18.4 Å². The molecule has 1 fully saturated rings. The zero-order valence-electron chi connectivity index (χ0n) is 12.0. The van der Waals surface area contributed by atoms with Gasteiger partial charge in [0.05, 0.1) is 6.61 Å². The molecule has 1 aromatic carbocycles. The maximum Gasteiger partial charge on any atom is 0.242 e. The van der Waals surface area contributed by atoms with Gasteiger partial charge in [-0.15, -0.1) is 0 Å². The molecule has 1 aliphatic rings. The molecule has 1 heterocycles. The number of ether oxygens (including phenoxy) is 1. The number of carbonyl (C=O) groups is 1. The highest BCUT2D eigenvalue weighted by molar-refractivity contribution is 9.10. The van der Waals surface area contributed by atoms with E-state index in [0.717, 1.165) is 30.4 Å². The predicted octanol–water partition coefficient (Wildman–Crippen LogP) is 2.18. The molecule has 0 bridgehead atoms. The average molecular weight is 341 g/mol. The Morgan fingerprint density at radius 2 is 2.25 bits per heavy atom. The molecule has 1 amide bonds. The van der Waals surface area contributed by atoms with Crippen molar-refractivity contribution in [1.29, 1.82) is 0 Å². The average Bonchev–Trinajstić information content (AvgIpc) is 2.85. The van der Waals surface area contributed by atoms with E-state index in [2.05, 4.69) is 32.2 Å². The first-order valence-corrected chi connectivity index (χ1v) is 7.63. The minimum atomic E-state index is -0.543. The van der Waals surface area contributed by atoms with Crippen LogP contribution >= 0.6 is 15.9 Å². The number of nitrogens with one attached hydrogen (secondary N) is 1. The van der Waals surface area contributed by atoms with Crippen molar-refractivity contribution in [2.45, 2.75) is 24.9 Å². The number of amides is 1. The van der Waals surface area contributed by atoms with Crippen molar-refractivity contribution in [2.75, 3.05) is 27.3 Å². The summed E-state index contributed by atoms with van der Waals surface area (Å²) in [7, 11) is 3.34. The monoisotopic (exact) mass is 340 g/mol. The lowest BCUT2D eigenvalue weighted by molar-refractivity contribution is -0.135. The molecule has 0 radical (unpaired) electrons. The quantitative estimate of drug-likeness (QED) is 0.893. The number of hydrogen-bond acceptors (Lipinski definition) is 3. The maximum absolute atomic E-state index is 12.4. The third kappa shape index (κ3) is 2.90. The van der Waals surface area contributed by atoms with Crippen molar-refractivity contribution < 1.29 is 9.53 Å². The van der Waals surface area contributed by atoms with Gasteiger partial charge in [0.1, 0.15) is 5.54 Å². The molecule has 0 aliphatic carbocycles. The fraction of sp³-hybridized carbons (Fsp3) is 0.533. The van der Waals surface area contributed by atoms with Crippen molar-refractivity contribution in [1.82, 2.24) is 10.2 Å². The Kier molecular flexibility index (Phi) is 5.18. The van der Waals surface area contributed by atoms with Gasteiger partial charge in [-0.1, -0.05) is 34.1 Å². The first-order valence-electron chi connectivity index (χ1n) is 6.83. The normalized spacial score (nSPS) is 22.9. The molecule has 5 heteroatoms. The van der Waals surface area contributed by atoms with E-state index in [1.165, 1.54) is 5.56 Å². The molecule has 2 rings (SSSR count). The van der Waals surface area contributed by atoms with Crippen LogP contribution in [-0.4, -0.2) is 43.7 Å². The SMILES string of the molecule is CNC(=O)C1(COC)CCCN1Cc1ccccc1Br. The summed E-state index contributed by atoms with van der Waals surface area (Å²) in [5.41, 5.74) is 0.650. The Labute approximate surface area is 128 Å². The molecule has 1 N–H and O–H groups in total. The second-order valence-corrected chi connectivity index (χ2v) is 6.01. The van der Waals surface area contributed by atoms with E-state index in [1.807, 2.05) is 18.2 Å². The maximum atomic E-state index is 12.4. The minimum absolute atomic E-state index is 0.0453. The fourth-order valence-electron chi connectivity index (χ4n) is 2.95. The van der Waals surface area contributed by atoms with E-state index >= 15 is 0 Å². The van der Waals surface area contributed by atoms with E-state index in [9.17, 15) is 4.79 Å². The number of hydrogen-bond donors (Lipinski definition) is 1. The van der Waals surface area contributed by atoms with Crippen molar-refractivity contribution in [3.05, 3.63) is 34.3 Å². The summed E-state index contributed by atoms with van der Waals surface area (Å²) in [4.78, 5) is 14.6. The van der Waals surface area contributed by atoms with Crippen LogP contribution in [0.5, 0.6) is 0 Å². The molecule has 110 valence electrons. The summed E-state index contributed by atoms with van der Waals surface area (Å²) >= 11 is 3.58. The van der Waals surface area contributed by atoms with E-state index in [-0.39, 0.29) is 5.91 Å². The van der Waals surface area contributed by atoms with E-state index < -0.39 is 5.54 Å². The second-order valence-electron chi connectivity index (χ2n) is 5.16. The zero-order chi connectivity index (χ0) is 14.6. The molecule has 4 nitrogen and oxygen atoms in total. The molecule has 0 spiro atoms. The van der Waals surface area contributed by atoms with E-state index in [1.54, 1.807) is 14.2 Å². The number of nitrogens with zero attached hydrogens (tertiary/aromatic N) is 1. The van der Waals surface area contributed by atoms with Crippen molar-refractivity contribution >= 4 is 21.8 Å². The topological polar surface area (TPSA) is 41.6 Å². The van der Waals surface area contributed by atoms with Crippen LogP contribution in [0.2, 0.25) is 0 Å². The summed E-state index contributed by atoms with van der Waals surface area (Å²) in [6.07, 6.45) is 1.85. The van der Waals surface area contributed by atoms with Gasteiger partial charge in [-0.3, -0.25) is 9.69 Å². The number of rotatable bonds is 5. The first kappa shape index (κ1) is 15.5. The van der Waals surface area contributed by atoms with Gasteiger partial charge in [0.2, 0.25) is 5.91 Å².